The zero-order valence-corrected chi connectivity index (χ0v) is 15.7. The van der Waals surface area contributed by atoms with E-state index in [9.17, 15) is 28.2 Å². The van der Waals surface area contributed by atoms with Crippen LogP contribution in [0, 0.1) is 0 Å². The molecule has 1 aliphatic heterocycles. The fourth-order valence-electron chi connectivity index (χ4n) is 3.52. The van der Waals surface area contributed by atoms with Gasteiger partial charge in [-0.1, -0.05) is 12.1 Å². The number of halogens is 3. The van der Waals surface area contributed by atoms with E-state index in [2.05, 4.69) is 9.97 Å². The molecule has 0 unspecified atom stereocenters. The van der Waals surface area contributed by atoms with E-state index in [0.29, 0.717) is 48.4 Å². The summed E-state index contributed by atoms with van der Waals surface area (Å²) in [5.41, 5.74) is 0.928. The molecule has 30 heavy (non-hydrogen) atoms. The van der Waals surface area contributed by atoms with Crippen molar-refractivity contribution < 1.29 is 23.4 Å². The third-order valence-electron chi connectivity index (χ3n) is 5.10. The van der Waals surface area contributed by atoms with Gasteiger partial charge in [0, 0.05) is 36.3 Å². The topological polar surface area (TPSA) is 89.5 Å². The summed E-state index contributed by atoms with van der Waals surface area (Å²) in [6.07, 6.45) is -3.99. The minimum atomic E-state index is -4.44. The maximum Gasteiger partial charge on any atom is 0.416 e. The molecule has 0 saturated carbocycles. The van der Waals surface area contributed by atoms with Gasteiger partial charge in [-0.3, -0.25) is 9.69 Å². The van der Waals surface area contributed by atoms with Crippen LogP contribution >= 0.6 is 0 Å². The van der Waals surface area contributed by atoms with Crippen molar-refractivity contribution >= 4 is 0 Å². The quantitative estimate of drug-likeness (QED) is 0.569. The minimum absolute atomic E-state index is 0.0411. The van der Waals surface area contributed by atoms with Crippen molar-refractivity contribution in [1.82, 2.24) is 14.9 Å². The molecule has 2 aromatic carbocycles. The van der Waals surface area contributed by atoms with Gasteiger partial charge in [-0.15, -0.1) is 0 Å². The van der Waals surface area contributed by atoms with Crippen LogP contribution in [0.3, 0.4) is 0 Å². The van der Waals surface area contributed by atoms with Crippen molar-refractivity contribution in [2.24, 2.45) is 0 Å². The molecule has 0 saturated heterocycles. The molecule has 0 atom stereocenters. The molecule has 9 heteroatoms. The number of phenols is 2. The first-order valence-electron chi connectivity index (χ1n) is 9.23. The van der Waals surface area contributed by atoms with Crippen molar-refractivity contribution in [3.05, 3.63) is 75.2 Å². The number of alkyl halides is 3. The number of aromatic hydroxyl groups is 2. The van der Waals surface area contributed by atoms with E-state index >= 15 is 0 Å². The fraction of sp³-hybridized carbons (Fsp3) is 0.238. The molecule has 0 spiro atoms. The molecule has 3 N–H and O–H groups in total. The summed E-state index contributed by atoms with van der Waals surface area (Å²) in [5, 5.41) is 19.6. The van der Waals surface area contributed by atoms with Crippen molar-refractivity contribution in [2.75, 3.05) is 6.54 Å². The number of nitrogens with zero attached hydrogens (tertiary/aromatic N) is 2. The summed E-state index contributed by atoms with van der Waals surface area (Å²) in [7, 11) is 0. The van der Waals surface area contributed by atoms with Crippen LogP contribution in [0.1, 0.15) is 22.4 Å². The number of hydrogen-bond donors (Lipinski definition) is 3. The Morgan fingerprint density at radius 2 is 1.83 bits per heavy atom. The fourth-order valence-corrected chi connectivity index (χ4v) is 3.52. The van der Waals surface area contributed by atoms with E-state index in [0.717, 1.165) is 12.1 Å². The van der Waals surface area contributed by atoms with Gasteiger partial charge in [0.25, 0.3) is 5.56 Å². The summed E-state index contributed by atoms with van der Waals surface area (Å²) in [4.78, 5) is 21.6. The highest BCUT2D eigenvalue weighted by molar-refractivity contribution is 5.56. The van der Waals surface area contributed by atoms with E-state index in [1.807, 2.05) is 4.90 Å². The second-order valence-corrected chi connectivity index (χ2v) is 7.19. The number of nitrogens with one attached hydrogen (secondary N) is 1. The third-order valence-corrected chi connectivity index (χ3v) is 5.10. The predicted molar refractivity (Wildman–Crippen MR) is 103 cm³/mol. The zero-order chi connectivity index (χ0) is 21.5. The van der Waals surface area contributed by atoms with Crippen LogP contribution in [0.5, 0.6) is 11.5 Å². The summed E-state index contributed by atoms with van der Waals surface area (Å²) in [6.45, 7) is 1.25. The first kappa shape index (κ1) is 20.0. The summed E-state index contributed by atoms with van der Waals surface area (Å²) >= 11 is 0. The number of H-pyrrole nitrogens is 1. The smallest absolute Gasteiger partial charge is 0.416 e. The predicted octanol–water partition coefficient (Wildman–Crippen LogP) is 3.43. The van der Waals surface area contributed by atoms with Gasteiger partial charge in [-0.05, 0) is 36.8 Å². The Morgan fingerprint density at radius 1 is 1.10 bits per heavy atom. The van der Waals surface area contributed by atoms with Crippen LogP contribution in [-0.4, -0.2) is 31.6 Å². The lowest BCUT2D eigenvalue weighted by molar-refractivity contribution is -0.137. The summed E-state index contributed by atoms with van der Waals surface area (Å²) in [6, 6.07) is 8.73. The summed E-state index contributed by atoms with van der Waals surface area (Å²) in [5.74, 6) is 0.303. The number of rotatable bonds is 3. The molecule has 1 aliphatic rings. The van der Waals surface area contributed by atoms with E-state index < -0.39 is 11.7 Å². The number of hydrogen-bond acceptors (Lipinski definition) is 5. The van der Waals surface area contributed by atoms with Gasteiger partial charge in [0.05, 0.1) is 11.3 Å². The van der Waals surface area contributed by atoms with Crippen LogP contribution in [0.4, 0.5) is 13.2 Å². The molecule has 6 nitrogen and oxygen atoms in total. The zero-order valence-electron chi connectivity index (χ0n) is 15.7. The first-order valence-corrected chi connectivity index (χ1v) is 9.23. The van der Waals surface area contributed by atoms with E-state index in [1.165, 1.54) is 30.3 Å². The van der Waals surface area contributed by atoms with E-state index in [1.54, 1.807) is 0 Å². The number of benzene rings is 2. The van der Waals surface area contributed by atoms with Gasteiger partial charge in [0.2, 0.25) is 0 Å². The second kappa shape index (κ2) is 7.49. The Bertz CT molecular complexity index is 1140. The lowest BCUT2D eigenvalue weighted by Gasteiger charge is -2.28. The minimum Gasteiger partial charge on any atom is -0.508 e. The molecule has 0 fully saturated rings. The number of fused-ring (bicyclic) bond motifs is 1. The van der Waals surface area contributed by atoms with Crippen LogP contribution in [0.25, 0.3) is 11.4 Å². The maximum absolute atomic E-state index is 12.8. The molecule has 4 rings (SSSR count). The van der Waals surface area contributed by atoms with Gasteiger partial charge in [0.15, 0.2) is 0 Å². The number of phenolic OH excluding ortho intramolecular Hbond substituents is 2. The Morgan fingerprint density at radius 3 is 2.53 bits per heavy atom. The highest BCUT2D eigenvalue weighted by atomic mass is 19.4. The maximum atomic E-state index is 12.8. The molecule has 1 aromatic heterocycles. The highest BCUT2D eigenvalue weighted by Crippen LogP contribution is 2.31. The van der Waals surface area contributed by atoms with Gasteiger partial charge >= 0.3 is 6.18 Å². The molecule has 2 heterocycles. The third kappa shape index (κ3) is 4.02. The molecule has 3 aromatic rings. The molecule has 0 radical (unpaired) electrons. The van der Waals surface area contributed by atoms with Crippen LogP contribution in [0.2, 0.25) is 0 Å². The van der Waals surface area contributed by atoms with Crippen molar-refractivity contribution in [1.29, 1.82) is 0 Å². The SMILES string of the molecule is O=c1[nH]c(-c2ccc(C(F)(F)F)cc2)nc2c1CCN(Cc1cc(O)ccc1O)C2. The van der Waals surface area contributed by atoms with Crippen molar-refractivity contribution in [2.45, 2.75) is 25.7 Å². The monoisotopic (exact) mass is 417 g/mol. The molecule has 156 valence electrons. The normalized spacial score (nSPS) is 14.5. The van der Waals surface area contributed by atoms with Gasteiger partial charge in [-0.2, -0.15) is 13.2 Å². The van der Waals surface area contributed by atoms with E-state index in [4.69, 9.17) is 0 Å². The van der Waals surface area contributed by atoms with Crippen LogP contribution < -0.4 is 5.56 Å². The molecule has 0 aliphatic carbocycles. The lowest BCUT2D eigenvalue weighted by Crippen LogP contribution is -2.35. The number of aromatic amines is 1. The molecule has 0 bridgehead atoms. The van der Waals surface area contributed by atoms with Gasteiger partial charge in [-0.25, -0.2) is 4.98 Å². The van der Waals surface area contributed by atoms with Gasteiger partial charge < -0.3 is 15.2 Å². The second-order valence-electron chi connectivity index (χ2n) is 7.19. The summed E-state index contributed by atoms with van der Waals surface area (Å²) < 4.78 is 38.3. The molecular weight excluding hydrogens is 399 g/mol. The highest BCUT2D eigenvalue weighted by Gasteiger charge is 2.30. The average molecular weight is 417 g/mol. The Kier molecular flexibility index (Phi) is 4.98. The Hall–Kier alpha value is -3.33. The van der Waals surface area contributed by atoms with Crippen molar-refractivity contribution in [3.8, 4) is 22.9 Å². The Balaban J connectivity index is 1.60. The average Bonchev–Trinajstić information content (AvgIpc) is 2.70. The van der Waals surface area contributed by atoms with Gasteiger partial charge in [0.1, 0.15) is 17.3 Å². The van der Waals surface area contributed by atoms with E-state index in [-0.39, 0.29) is 22.9 Å². The molecular formula is C21H18F3N3O3. The molecule has 0 amide bonds. The van der Waals surface area contributed by atoms with Crippen LogP contribution in [-0.2, 0) is 25.7 Å². The van der Waals surface area contributed by atoms with Crippen molar-refractivity contribution in [3.63, 3.8) is 0 Å². The largest absolute Gasteiger partial charge is 0.508 e. The van der Waals surface area contributed by atoms with Crippen LogP contribution in [0.15, 0.2) is 47.3 Å². The Labute approximate surface area is 169 Å². The standard InChI is InChI=1S/C21H18F3N3O3/c22-21(23,24)14-3-1-12(2-4-14)19-25-17-11-27(8-7-16(17)20(30)26-19)10-13-9-15(28)5-6-18(13)29/h1-6,9,28-29H,7-8,10-11H2,(H,25,26,30). The lowest BCUT2D eigenvalue weighted by atomic mass is 10.0. The number of aromatic nitrogens is 2. The first-order chi connectivity index (χ1) is 14.2.